The van der Waals surface area contributed by atoms with E-state index in [4.69, 9.17) is 0 Å². The second-order valence-electron chi connectivity index (χ2n) is 5.29. The zero-order valence-corrected chi connectivity index (χ0v) is 12.6. The van der Waals surface area contributed by atoms with Gasteiger partial charge in [0.05, 0.1) is 4.90 Å². The Morgan fingerprint density at radius 1 is 1.15 bits per heavy atom. The first kappa shape index (κ1) is 15.0. The van der Waals surface area contributed by atoms with Crippen LogP contribution in [-0.4, -0.2) is 26.9 Å². The summed E-state index contributed by atoms with van der Waals surface area (Å²) < 4.78 is 27.5. The Kier molecular flexibility index (Phi) is 4.15. The van der Waals surface area contributed by atoms with Crippen LogP contribution in [0.1, 0.15) is 31.2 Å². The van der Waals surface area contributed by atoms with Gasteiger partial charge in [-0.2, -0.15) is 4.72 Å². The molecule has 5 nitrogen and oxygen atoms in total. The fourth-order valence-electron chi connectivity index (χ4n) is 2.63. The molecule has 0 spiro atoms. The molecule has 0 heterocycles. The molecule has 0 bridgehead atoms. The van der Waals surface area contributed by atoms with Gasteiger partial charge in [-0.1, -0.05) is 30.5 Å². The van der Waals surface area contributed by atoms with Crippen molar-refractivity contribution in [2.45, 2.75) is 43.0 Å². The molecular weight excluding hydrogens is 276 g/mol. The molecule has 110 valence electrons. The van der Waals surface area contributed by atoms with Crippen molar-refractivity contribution in [3.05, 3.63) is 29.8 Å². The van der Waals surface area contributed by atoms with Crippen molar-refractivity contribution in [1.82, 2.24) is 10.0 Å². The predicted molar refractivity (Wildman–Crippen MR) is 76.8 cm³/mol. The first-order valence-corrected chi connectivity index (χ1v) is 8.21. The van der Waals surface area contributed by atoms with Crippen LogP contribution in [0.5, 0.6) is 0 Å². The van der Waals surface area contributed by atoms with E-state index in [-0.39, 0.29) is 10.8 Å². The van der Waals surface area contributed by atoms with E-state index in [2.05, 4.69) is 10.0 Å². The molecule has 1 amide bonds. The minimum atomic E-state index is -3.68. The highest BCUT2D eigenvalue weighted by molar-refractivity contribution is 7.89. The number of nitrogens with one attached hydrogen (secondary N) is 2. The van der Waals surface area contributed by atoms with E-state index in [1.54, 1.807) is 24.3 Å². The van der Waals surface area contributed by atoms with Gasteiger partial charge in [0.2, 0.25) is 15.9 Å². The second-order valence-corrected chi connectivity index (χ2v) is 6.97. The van der Waals surface area contributed by atoms with Crippen LogP contribution < -0.4 is 10.0 Å². The molecule has 1 aliphatic carbocycles. The average molecular weight is 296 g/mol. The summed E-state index contributed by atoms with van der Waals surface area (Å²) >= 11 is 0. The summed E-state index contributed by atoms with van der Waals surface area (Å²) in [6, 6.07) is 6.61. The van der Waals surface area contributed by atoms with Gasteiger partial charge >= 0.3 is 0 Å². The number of benzene rings is 1. The highest BCUT2D eigenvalue weighted by Crippen LogP contribution is 2.31. The number of carbonyl (C=O) groups is 1. The number of rotatable bonds is 4. The van der Waals surface area contributed by atoms with Crippen LogP contribution in [0, 0.1) is 6.92 Å². The number of aryl methyl sites for hydroxylation is 1. The Labute approximate surface area is 119 Å². The smallest absolute Gasteiger partial charge is 0.241 e. The van der Waals surface area contributed by atoms with Crippen molar-refractivity contribution < 1.29 is 13.2 Å². The summed E-state index contributed by atoms with van der Waals surface area (Å²) in [6.45, 7) is 1.90. The van der Waals surface area contributed by atoms with Crippen LogP contribution in [0.4, 0.5) is 0 Å². The van der Waals surface area contributed by atoms with Gasteiger partial charge in [-0.05, 0) is 31.9 Å². The lowest BCUT2D eigenvalue weighted by atomic mass is 9.98. The van der Waals surface area contributed by atoms with Crippen LogP contribution in [0.2, 0.25) is 0 Å². The number of carbonyl (C=O) groups excluding carboxylic acids is 1. The second kappa shape index (κ2) is 5.54. The number of amides is 1. The van der Waals surface area contributed by atoms with Gasteiger partial charge in [0.25, 0.3) is 0 Å². The average Bonchev–Trinajstić information content (AvgIpc) is 2.87. The summed E-state index contributed by atoms with van der Waals surface area (Å²) in [7, 11) is -2.15. The predicted octanol–water partition coefficient (Wildman–Crippen LogP) is 1.33. The minimum absolute atomic E-state index is 0.193. The Morgan fingerprint density at radius 2 is 1.70 bits per heavy atom. The first-order valence-electron chi connectivity index (χ1n) is 6.72. The zero-order valence-electron chi connectivity index (χ0n) is 11.8. The monoisotopic (exact) mass is 296 g/mol. The molecule has 1 saturated carbocycles. The summed E-state index contributed by atoms with van der Waals surface area (Å²) in [5.74, 6) is -0.259. The highest BCUT2D eigenvalue weighted by Gasteiger charge is 2.43. The molecule has 20 heavy (non-hydrogen) atoms. The Hall–Kier alpha value is -1.40. The van der Waals surface area contributed by atoms with Crippen molar-refractivity contribution in [2.75, 3.05) is 7.05 Å². The number of likely N-dealkylation sites (N-methyl/N-ethyl adjacent to an activating group) is 1. The van der Waals surface area contributed by atoms with Crippen LogP contribution in [0.15, 0.2) is 29.2 Å². The molecule has 0 saturated heterocycles. The molecule has 0 aromatic heterocycles. The van der Waals surface area contributed by atoms with Crippen LogP contribution in [0.3, 0.4) is 0 Å². The maximum atomic E-state index is 12.4. The molecule has 1 aliphatic rings. The molecule has 6 heteroatoms. The van der Waals surface area contributed by atoms with Crippen molar-refractivity contribution in [3.8, 4) is 0 Å². The van der Waals surface area contributed by atoms with E-state index < -0.39 is 15.6 Å². The molecule has 1 aromatic rings. The number of hydrogen-bond acceptors (Lipinski definition) is 3. The molecule has 1 aromatic carbocycles. The van der Waals surface area contributed by atoms with Crippen LogP contribution in [-0.2, 0) is 14.8 Å². The quantitative estimate of drug-likeness (QED) is 0.880. The summed E-state index contributed by atoms with van der Waals surface area (Å²) in [6.07, 6.45) is 2.78. The molecule has 2 rings (SSSR count). The molecule has 2 N–H and O–H groups in total. The van der Waals surface area contributed by atoms with Gasteiger partial charge in [-0.25, -0.2) is 8.42 Å². The first-order chi connectivity index (χ1) is 9.39. The van der Waals surface area contributed by atoms with E-state index in [0.717, 1.165) is 18.4 Å². The van der Waals surface area contributed by atoms with Crippen molar-refractivity contribution in [2.24, 2.45) is 0 Å². The highest BCUT2D eigenvalue weighted by atomic mass is 32.2. The van der Waals surface area contributed by atoms with E-state index in [0.29, 0.717) is 12.8 Å². The molecule has 0 radical (unpaired) electrons. The number of sulfonamides is 1. The van der Waals surface area contributed by atoms with E-state index in [1.165, 1.54) is 7.05 Å². The summed E-state index contributed by atoms with van der Waals surface area (Å²) in [5.41, 5.74) is -0.0100. The Morgan fingerprint density at radius 3 is 2.20 bits per heavy atom. The maximum absolute atomic E-state index is 12.4. The lowest BCUT2D eigenvalue weighted by Gasteiger charge is -2.27. The van der Waals surface area contributed by atoms with Gasteiger partial charge in [-0.15, -0.1) is 0 Å². The lowest BCUT2D eigenvalue weighted by molar-refractivity contribution is -0.126. The minimum Gasteiger partial charge on any atom is -0.358 e. The van der Waals surface area contributed by atoms with Crippen molar-refractivity contribution >= 4 is 15.9 Å². The van der Waals surface area contributed by atoms with Gasteiger partial charge in [-0.3, -0.25) is 4.79 Å². The largest absolute Gasteiger partial charge is 0.358 e. The molecule has 0 unspecified atom stereocenters. The van der Waals surface area contributed by atoms with E-state index in [1.807, 2.05) is 6.92 Å². The number of hydrogen-bond donors (Lipinski definition) is 2. The van der Waals surface area contributed by atoms with Crippen LogP contribution >= 0.6 is 0 Å². The lowest BCUT2D eigenvalue weighted by Crippen LogP contribution is -2.56. The SMILES string of the molecule is CNC(=O)C1(NS(=O)(=O)c2ccc(C)cc2)CCCC1. The molecule has 0 aliphatic heterocycles. The summed E-state index contributed by atoms with van der Waals surface area (Å²) in [5, 5.41) is 2.57. The van der Waals surface area contributed by atoms with Gasteiger partial charge < -0.3 is 5.32 Å². The van der Waals surface area contributed by atoms with Crippen LogP contribution in [0.25, 0.3) is 0 Å². The van der Waals surface area contributed by atoms with Crippen molar-refractivity contribution in [1.29, 1.82) is 0 Å². The molecule has 0 atom stereocenters. The maximum Gasteiger partial charge on any atom is 0.241 e. The third-order valence-electron chi connectivity index (χ3n) is 3.78. The topological polar surface area (TPSA) is 75.3 Å². The van der Waals surface area contributed by atoms with Crippen molar-refractivity contribution in [3.63, 3.8) is 0 Å². The standard InChI is InChI=1S/C14H20N2O3S/c1-11-5-7-12(8-6-11)20(18,19)16-14(13(17)15-2)9-3-4-10-14/h5-8,16H,3-4,9-10H2,1-2H3,(H,15,17). The fourth-order valence-corrected chi connectivity index (χ4v) is 4.05. The molecular formula is C14H20N2O3S. The van der Waals surface area contributed by atoms with Gasteiger partial charge in [0.1, 0.15) is 5.54 Å². The zero-order chi connectivity index (χ0) is 14.8. The third-order valence-corrected chi connectivity index (χ3v) is 5.33. The van der Waals surface area contributed by atoms with E-state index in [9.17, 15) is 13.2 Å². The Balaban J connectivity index is 2.30. The van der Waals surface area contributed by atoms with Gasteiger partial charge in [0.15, 0.2) is 0 Å². The third kappa shape index (κ3) is 2.86. The fraction of sp³-hybridized carbons (Fsp3) is 0.500. The summed E-state index contributed by atoms with van der Waals surface area (Å²) in [4.78, 5) is 12.3. The normalized spacial score (nSPS) is 17.9. The molecule has 1 fully saturated rings. The van der Waals surface area contributed by atoms with Gasteiger partial charge in [0, 0.05) is 7.05 Å². The van der Waals surface area contributed by atoms with E-state index >= 15 is 0 Å². The Bertz CT molecular complexity index is 587.